The van der Waals surface area contributed by atoms with Crippen molar-refractivity contribution in [1.29, 1.82) is 0 Å². The molecule has 0 radical (unpaired) electrons. The Hall–Kier alpha value is -4.35. The molecule has 2 aromatic carbocycles. The van der Waals surface area contributed by atoms with Gasteiger partial charge in [-0.3, -0.25) is 24.0 Å². The van der Waals surface area contributed by atoms with Gasteiger partial charge in [0.05, 0.1) is 12.0 Å². The van der Waals surface area contributed by atoms with Gasteiger partial charge in [-0.25, -0.2) is 0 Å². The van der Waals surface area contributed by atoms with Crippen LogP contribution in [0.3, 0.4) is 0 Å². The molecule has 15 nitrogen and oxygen atoms in total. The Morgan fingerprint density at radius 3 is 1.79 bits per heavy atom. The fourth-order valence-electron chi connectivity index (χ4n) is 5.83. The largest absolute Gasteiger partial charge is 0.475 e. The van der Waals surface area contributed by atoms with E-state index in [1.165, 1.54) is 26.3 Å². The van der Waals surface area contributed by atoms with E-state index in [-0.39, 0.29) is 12.8 Å². The molecule has 5 amide bonds. The minimum Gasteiger partial charge on any atom is -0.426 e. The topological polar surface area (TPSA) is 235 Å². The Balaban J connectivity index is 2.15. The summed E-state index contributed by atoms with van der Waals surface area (Å²) in [5.41, 5.74) is 9.16. The fourth-order valence-corrected chi connectivity index (χ4v) is 5.83. The number of rotatable bonds is 25. The zero-order valence-corrected chi connectivity index (χ0v) is 33.8. The van der Waals surface area contributed by atoms with Crippen LogP contribution in [-0.2, 0) is 25.6 Å². The molecule has 0 aromatic heterocycles. The van der Waals surface area contributed by atoms with E-state index < -0.39 is 72.9 Å². The molecule has 0 fully saturated rings. The highest BCUT2D eigenvalue weighted by molar-refractivity contribution is 6.43. The van der Waals surface area contributed by atoms with Crippen molar-refractivity contribution in [1.82, 2.24) is 31.5 Å². The normalized spacial score (nSPS) is 14.4. The number of carbonyl (C=O) groups is 5. The number of nitrogens with two attached hydrogens (primary N) is 1. The second-order valence-electron chi connectivity index (χ2n) is 14.7. The van der Waals surface area contributed by atoms with Crippen LogP contribution in [0.15, 0.2) is 48.5 Å². The minimum absolute atomic E-state index is 0.203. The third-order valence-corrected chi connectivity index (χ3v) is 9.44. The van der Waals surface area contributed by atoms with Crippen molar-refractivity contribution in [3.63, 3.8) is 0 Å². The molecular weight excluding hydrogens is 717 g/mol. The molecule has 0 saturated heterocycles. The number of hydrogen-bond donors (Lipinski definition) is 9. The fraction of sp³-hybridized carbons (Fsp3) is 0.575. The van der Waals surface area contributed by atoms with Crippen LogP contribution < -0.4 is 32.3 Å². The quantitative estimate of drug-likeness (QED) is 0.0513. The van der Waals surface area contributed by atoms with E-state index >= 15 is 0 Å². The molecule has 310 valence electrons. The average molecular weight is 782 g/mol. The maximum absolute atomic E-state index is 13.7. The summed E-state index contributed by atoms with van der Waals surface area (Å²) in [6.07, 6.45) is 4.77. The molecular formula is C40H64BN7O8. The number of aliphatic hydroxyl groups is 1. The molecule has 0 aliphatic carbocycles. The monoisotopic (exact) mass is 781 g/mol. The number of nitrogens with zero attached hydrogens (tertiary/aromatic N) is 1. The average Bonchev–Trinajstić information content (AvgIpc) is 3.16. The summed E-state index contributed by atoms with van der Waals surface area (Å²) in [6.45, 7) is 7.38. The highest BCUT2D eigenvalue weighted by atomic mass is 16.4. The minimum atomic E-state index is -1.81. The van der Waals surface area contributed by atoms with E-state index in [9.17, 15) is 39.1 Å². The number of unbranched alkanes of at least 4 members (excludes halogenated alkanes) is 3. The predicted molar refractivity (Wildman–Crippen MR) is 218 cm³/mol. The summed E-state index contributed by atoms with van der Waals surface area (Å²) >= 11 is 0. The number of amides is 5. The Morgan fingerprint density at radius 2 is 1.25 bits per heavy atom. The van der Waals surface area contributed by atoms with E-state index in [0.717, 1.165) is 43.4 Å². The molecule has 6 atom stereocenters. The van der Waals surface area contributed by atoms with Gasteiger partial charge in [-0.05, 0) is 128 Å². The van der Waals surface area contributed by atoms with Crippen molar-refractivity contribution in [2.75, 3.05) is 27.2 Å². The number of aliphatic hydroxyl groups excluding tert-OH is 1. The maximum Gasteiger partial charge on any atom is 0.475 e. The summed E-state index contributed by atoms with van der Waals surface area (Å²) in [5.74, 6) is -4.39. The van der Waals surface area contributed by atoms with Crippen molar-refractivity contribution in [3.8, 4) is 11.1 Å². The Bertz CT molecular complexity index is 1530. The standard InChI is InChI=1S/C40H64BN7O8/c1-7-8-13-29-16-18-30(19-17-29)31-20-22-32(23-21-31)37(51)46-34(15-10-12-25-48(5)6)39(53)47-35(27(3)49)40(54)43-26(2)36(50)45-33(14-9-11-24-42)38(52)44-28(4)41(55)56/h16-23,26-28,33-35,49,55-56H,7-15,24-25,42H2,1-6H3,(H,43,54)(H,44,52)(H,45,50)(H,46,51)(H,47,53)/t26-,27?,28-,33-,34-,35-/m0/s1. The number of carbonyl (C=O) groups excluding carboxylic acids is 5. The second kappa shape index (κ2) is 25.0. The molecule has 0 bridgehead atoms. The third-order valence-electron chi connectivity index (χ3n) is 9.44. The lowest BCUT2D eigenvalue weighted by Crippen LogP contribution is -2.60. The van der Waals surface area contributed by atoms with Crippen LogP contribution in [0.25, 0.3) is 11.1 Å². The first kappa shape index (κ1) is 47.8. The van der Waals surface area contributed by atoms with E-state index in [1.54, 1.807) is 12.1 Å². The van der Waals surface area contributed by atoms with Gasteiger partial charge in [0.1, 0.15) is 24.2 Å². The molecule has 1 unspecified atom stereocenters. The molecule has 0 aliphatic rings. The van der Waals surface area contributed by atoms with Crippen LogP contribution in [0.4, 0.5) is 0 Å². The van der Waals surface area contributed by atoms with Crippen molar-refractivity contribution in [2.45, 2.75) is 122 Å². The number of hydrogen-bond acceptors (Lipinski definition) is 10. The summed E-state index contributed by atoms with van der Waals surface area (Å²) in [4.78, 5) is 68.5. The smallest absolute Gasteiger partial charge is 0.426 e. The molecule has 2 aromatic rings. The SMILES string of the molecule is CCCCc1ccc(-c2ccc(C(=O)N[C@@H](CCCCN(C)C)C(=O)N[C@H](C(=O)N[C@@H](C)C(=O)N[C@@H](CCCCN)C(=O)N[C@@H](C)B(O)O)C(C)O)cc2)cc1. The summed E-state index contributed by atoms with van der Waals surface area (Å²) in [7, 11) is 2.05. The van der Waals surface area contributed by atoms with Crippen molar-refractivity contribution < 1.29 is 39.1 Å². The highest BCUT2D eigenvalue weighted by Gasteiger charge is 2.33. The van der Waals surface area contributed by atoms with E-state index in [2.05, 4.69) is 57.8 Å². The molecule has 2 rings (SSSR count). The van der Waals surface area contributed by atoms with Gasteiger partial charge in [0.2, 0.25) is 23.6 Å². The predicted octanol–water partition coefficient (Wildman–Crippen LogP) is 1.03. The molecule has 0 saturated carbocycles. The number of benzene rings is 2. The summed E-state index contributed by atoms with van der Waals surface area (Å²) in [6, 6.07) is 10.6. The zero-order chi connectivity index (χ0) is 41.8. The third kappa shape index (κ3) is 16.8. The summed E-state index contributed by atoms with van der Waals surface area (Å²) < 4.78 is 0. The van der Waals surface area contributed by atoms with Crippen LogP contribution in [0.1, 0.15) is 95.0 Å². The molecule has 0 spiro atoms. The first-order valence-corrected chi connectivity index (χ1v) is 19.7. The van der Waals surface area contributed by atoms with Crippen LogP contribution in [0.2, 0.25) is 0 Å². The first-order chi connectivity index (χ1) is 26.6. The van der Waals surface area contributed by atoms with Gasteiger partial charge in [-0.2, -0.15) is 0 Å². The van der Waals surface area contributed by atoms with Gasteiger partial charge in [0.25, 0.3) is 5.91 Å². The van der Waals surface area contributed by atoms with Gasteiger partial charge in [-0.1, -0.05) is 49.7 Å². The lowest BCUT2D eigenvalue weighted by Gasteiger charge is -2.27. The van der Waals surface area contributed by atoms with Crippen LogP contribution in [-0.4, -0.2) is 120 Å². The lowest BCUT2D eigenvalue weighted by atomic mass is 9.81. The molecule has 10 N–H and O–H groups in total. The summed E-state index contributed by atoms with van der Waals surface area (Å²) in [5, 5.41) is 42.2. The van der Waals surface area contributed by atoms with Gasteiger partial charge < -0.3 is 52.4 Å². The Labute approximate surface area is 332 Å². The van der Waals surface area contributed by atoms with Crippen LogP contribution >= 0.6 is 0 Å². The molecule has 56 heavy (non-hydrogen) atoms. The van der Waals surface area contributed by atoms with E-state index in [4.69, 9.17) is 5.73 Å². The highest BCUT2D eigenvalue weighted by Crippen LogP contribution is 2.21. The second-order valence-corrected chi connectivity index (χ2v) is 14.7. The van der Waals surface area contributed by atoms with Gasteiger partial charge >= 0.3 is 7.12 Å². The van der Waals surface area contributed by atoms with Crippen molar-refractivity contribution >= 4 is 36.7 Å². The van der Waals surface area contributed by atoms with Crippen molar-refractivity contribution in [2.24, 2.45) is 5.73 Å². The van der Waals surface area contributed by atoms with Gasteiger partial charge in [0.15, 0.2) is 0 Å². The molecule has 0 aliphatic heterocycles. The van der Waals surface area contributed by atoms with Gasteiger partial charge in [0, 0.05) is 5.56 Å². The van der Waals surface area contributed by atoms with Gasteiger partial charge in [-0.15, -0.1) is 0 Å². The molecule has 0 heterocycles. The van der Waals surface area contributed by atoms with E-state index in [1.807, 2.05) is 31.1 Å². The van der Waals surface area contributed by atoms with Crippen molar-refractivity contribution in [3.05, 3.63) is 59.7 Å². The van der Waals surface area contributed by atoms with Crippen LogP contribution in [0, 0.1) is 0 Å². The lowest BCUT2D eigenvalue weighted by molar-refractivity contribution is -0.135. The zero-order valence-electron chi connectivity index (χ0n) is 33.8. The maximum atomic E-state index is 13.7. The molecule has 16 heteroatoms. The van der Waals surface area contributed by atoms with Crippen LogP contribution in [0.5, 0.6) is 0 Å². The van der Waals surface area contributed by atoms with E-state index in [0.29, 0.717) is 31.4 Å². The Morgan fingerprint density at radius 1 is 0.696 bits per heavy atom. The number of aryl methyl sites for hydroxylation is 1. The number of nitrogens with one attached hydrogen (secondary N) is 5. The Kier molecular flexibility index (Phi) is 21.4. The first-order valence-electron chi connectivity index (χ1n) is 19.7.